The highest BCUT2D eigenvalue weighted by atomic mass is 16.4. The number of rotatable bonds is 5. The van der Waals surface area contributed by atoms with E-state index in [1.165, 1.54) is 0 Å². The van der Waals surface area contributed by atoms with Gasteiger partial charge < -0.3 is 20.6 Å². The Kier molecular flexibility index (Phi) is 5.18. The molecule has 0 radical (unpaired) electrons. The number of carboxylic acids is 1. The van der Waals surface area contributed by atoms with Crippen LogP contribution in [0.4, 0.5) is 16.2 Å². The number of nitrogens with one attached hydrogen (secondary N) is 2. The molecule has 21 heavy (non-hydrogen) atoms. The minimum Gasteiger partial charge on any atom is -0.481 e. The fourth-order valence-electron chi connectivity index (χ4n) is 1.72. The average molecular weight is 293 g/mol. The molecular weight excluding hydrogens is 270 g/mol. The number of anilines is 2. The van der Waals surface area contributed by atoms with E-state index >= 15 is 0 Å². The van der Waals surface area contributed by atoms with E-state index in [1.807, 2.05) is 44.1 Å². The molecule has 0 aliphatic rings. The van der Waals surface area contributed by atoms with Gasteiger partial charge in [-0.2, -0.15) is 0 Å². The summed E-state index contributed by atoms with van der Waals surface area (Å²) in [7, 11) is 3.86. The third-order valence-electron chi connectivity index (χ3n) is 3.22. The molecule has 0 spiro atoms. The number of benzene rings is 1. The van der Waals surface area contributed by atoms with Crippen LogP contribution in [0.25, 0.3) is 0 Å². The van der Waals surface area contributed by atoms with Crippen molar-refractivity contribution in [1.82, 2.24) is 5.32 Å². The molecule has 1 rings (SSSR count). The molecule has 0 aliphatic heterocycles. The maximum Gasteiger partial charge on any atom is 0.319 e. The fourth-order valence-corrected chi connectivity index (χ4v) is 1.72. The molecule has 0 aromatic heterocycles. The first-order valence-corrected chi connectivity index (χ1v) is 6.70. The minimum absolute atomic E-state index is 0.0561. The highest BCUT2D eigenvalue weighted by molar-refractivity contribution is 5.90. The van der Waals surface area contributed by atoms with Crippen molar-refractivity contribution in [1.29, 1.82) is 0 Å². The van der Waals surface area contributed by atoms with Crippen LogP contribution in [-0.2, 0) is 4.79 Å². The molecule has 116 valence electrons. The molecule has 3 N–H and O–H groups in total. The first kappa shape index (κ1) is 16.8. The number of aryl methyl sites for hydroxylation is 1. The number of carboxylic acid groups (broad SMARTS) is 1. The van der Waals surface area contributed by atoms with Crippen LogP contribution < -0.4 is 15.5 Å². The Bertz CT molecular complexity index is 539. The van der Waals surface area contributed by atoms with Gasteiger partial charge in [0.2, 0.25) is 0 Å². The second-order valence-corrected chi connectivity index (χ2v) is 5.89. The lowest BCUT2D eigenvalue weighted by Gasteiger charge is -2.20. The van der Waals surface area contributed by atoms with Crippen LogP contribution in [0.5, 0.6) is 0 Å². The van der Waals surface area contributed by atoms with Crippen LogP contribution >= 0.6 is 0 Å². The molecule has 1 aromatic rings. The standard InChI is InChI=1S/C15H23N3O3/c1-10-6-7-11(8-12(10)18(4)5)17-14(21)16-9-15(2,3)13(19)20/h6-8H,9H2,1-5H3,(H,19,20)(H2,16,17,21). The number of carbonyl (C=O) groups excluding carboxylic acids is 1. The second kappa shape index (κ2) is 6.47. The van der Waals surface area contributed by atoms with Gasteiger partial charge in [0.25, 0.3) is 0 Å². The molecule has 0 bridgehead atoms. The van der Waals surface area contributed by atoms with Crippen molar-refractivity contribution in [3.05, 3.63) is 23.8 Å². The third kappa shape index (κ3) is 4.66. The molecule has 2 amide bonds. The summed E-state index contributed by atoms with van der Waals surface area (Å²) in [5.41, 5.74) is 1.78. The lowest BCUT2D eigenvalue weighted by Crippen LogP contribution is -2.40. The predicted octanol–water partition coefficient (Wildman–Crippen LogP) is 2.29. The van der Waals surface area contributed by atoms with E-state index in [4.69, 9.17) is 5.11 Å². The summed E-state index contributed by atoms with van der Waals surface area (Å²) < 4.78 is 0. The van der Waals surface area contributed by atoms with Crippen LogP contribution in [0.15, 0.2) is 18.2 Å². The van der Waals surface area contributed by atoms with Gasteiger partial charge in [-0.05, 0) is 38.5 Å². The van der Waals surface area contributed by atoms with Gasteiger partial charge in [-0.1, -0.05) is 6.07 Å². The summed E-state index contributed by atoms with van der Waals surface area (Å²) in [5, 5.41) is 14.3. The van der Waals surface area contributed by atoms with Crippen LogP contribution in [0.2, 0.25) is 0 Å². The molecule has 0 saturated carbocycles. The molecule has 0 atom stereocenters. The van der Waals surface area contributed by atoms with E-state index < -0.39 is 17.4 Å². The first-order valence-electron chi connectivity index (χ1n) is 6.70. The molecule has 0 aliphatic carbocycles. The van der Waals surface area contributed by atoms with Crippen molar-refractivity contribution in [2.45, 2.75) is 20.8 Å². The minimum atomic E-state index is -1.00. The zero-order valence-corrected chi connectivity index (χ0v) is 13.2. The molecule has 0 saturated heterocycles. The van der Waals surface area contributed by atoms with Crippen molar-refractivity contribution >= 4 is 23.4 Å². The Morgan fingerprint density at radius 3 is 2.43 bits per heavy atom. The van der Waals surface area contributed by atoms with Gasteiger partial charge in [0, 0.05) is 32.0 Å². The number of amides is 2. The smallest absolute Gasteiger partial charge is 0.319 e. The third-order valence-corrected chi connectivity index (χ3v) is 3.22. The SMILES string of the molecule is Cc1ccc(NC(=O)NCC(C)(C)C(=O)O)cc1N(C)C. The van der Waals surface area contributed by atoms with Gasteiger partial charge in [0.15, 0.2) is 0 Å². The van der Waals surface area contributed by atoms with Crippen molar-refractivity contribution < 1.29 is 14.7 Å². The monoisotopic (exact) mass is 293 g/mol. The zero-order valence-electron chi connectivity index (χ0n) is 13.2. The van der Waals surface area contributed by atoms with E-state index in [9.17, 15) is 9.59 Å². The van der Waals surface area contributed by atoms with E-state index in [0.29, 0.717) is 5.69 Å². The largest absolute Gasteiger partial charge is 0.481 e. The first-order chi connectivity index (χ1) is 9.63. The van der Waals surface area contributed by atoms with Crippen LogP contribution in [-0.4, -0.2) is 37.7 Å². The molecule has 6 heteroatoms. The van der Waals surface area contributed by atoms with Crippen molar-refractivity contribution in [2.24, 2.45) is 5.41 Å². The van der Waals surface area contributed by atoms with E-state index in [-0.39, 0.29) is 6.54 Å². The highest BCUT2D eigenvalue weighted by Crippen LogP contribution is 2.22. The summed E-state index contributed by atoms with van der Waals surface area (Å²) in [4.78, 5) is 24.8. The van der Waals surface area contributed by atoms with Crippen LogP contribution in [0.3, 0.4) is 0 Å². The van der Waals surface area contributed by atoms with Gasteiger partial charge in [-0.15, -0.1) is 0 Å². The summed E-state index contributed by atoms with van der Waals surface area (Å²) >= 11 is 0. The van der Waals surface area contributed by atoms with E-state index in [1.54, 1.807) is 13.8 Å². The Morgan fingerprint density at radius 2 is 1.90 bits per heavy atom. The van der Waals surface area contributed by atoms with E-state index in [2.05, 4.69) is 10.6 Å². The van der Waals surface area contributed by atoms with Gasteiger partial charge in [0.1, 0.15) is 0 Å². The second-order valence-electron chi connectivity index (χ2n) is 5.89. The maximum atomic E-state index is 11.8. The number of hydrogen-bond acceptors (Lipinski definition) is 3. The molecule has 0 fully saturated rings. The summed E-state index contributed by atoms with van der Waals surface area (Å²) in [5.74, 6) is -0.951. The summed E-state index contributed by atoms with van der Waals surface area (Å²) in [6, 6.07) is 5.19. The lowest BCUT2D eigenvalue weighted by atomic mass is 9.94. The number of urea groups is 1. The van der Waals surface area contributed by atoms with Crippen LogP contribution in [0, 0.1) is 12.3 Å². The summed E-state index contributed by atoms with van der Waals surface area (Å²) in [6.07, 6.45) is 0. The zero-order chi connectivity index (χ0) is 16.2. The molecule has 0 heterocycles. The highest BCUT2D eigenvalue weighted by Gasteiger charge is 2.27. The maximum absolute atomic E-state index is 11.8. The molecular formula is C15H23N3O3. The fraction of sp³-hybridized carbons (Fsp3) is 0.467. The lowest BCUT2D eigenvalue weighted by molar-refractivity contribution is -0.146. The van der Waals surface area contributed by atoms with Crippen molar-refractivity contribution in [3.63, 3.8) is 0 Å². The normalized spacial score (nSPS) is 10.9. The van der Waals surface area contributed by atoms with Gasteiger partial charge in [-0.3, -0.25) is 4.79 Å². The van der Waals surface area contributed by atoms with Gasteiger partial charge in [-0.25, -0.2) is 4.79 Å². The molecule has 6 nitrogen and oxygen atoms in total. The van der Waals surface area contributed by atoms with Crippen LogP contribution in [0.1, 0.15) is 19.4 Å². The Hall–Kier alpha value is -2.24. The van der Waals surface area contributed by atoms with Crippen molar-refractivity contribution in [3.8, 4) is 0 Å². The number of hydrogen-bond donors (Lipinski definition) is 3. The predicted molar refractivity (Wildman–Crippen MR) is 83.9 cm³/mol. The van der Waals surface area contributed by atoms with Crippen molar-refractivity contribution in [2.75, 3.05) is 30.9 Å². The number of nitrogens with zero attached hydrogens (tertiary/aromatic N) is 1. The molecule has 0 unspecified atom stereocenters. The molecule has 1 aromatic carbocycles. The number of aliphatic carboxylic acids is 1. The quantitative estimate of drug-likeness (QED) is 0.778. The number of carbonyl (C=O) groups is 2. The van der Waals surface area contributed by atoms with Gasteiger partial charge in [0.05, 0.1) is 5.41 Å². The van der Waals surface area contributed by atoms with E-state index in [0.717, 1.165) is 11.3 Å². The Labute approximate surface area is 125 Å². The topological polar surface area (TPSA) is 81.7 Å². The Morgan fingerprint density at radius 1 is 1.29 bits per heavy atom. The van der Waals surface area contributed by atoms with Gasteiger partial charge >= 0.3 is 12.0 Å². The summed E-state index contributed by atoms with van der Waals surface area (Å²) in [6.45, 7) is 5.17. The average Bonchev–Trinajstić information content (AvgIpc) is 2.38. The Balaban J connectivity index is 2.68.